The zero-order valence-electron chi connectivity index (χ0n) is 11.8. The molecule has 6 heteroatoms. The van der Waals surface area contributed by atoms with Gasteiger partial charge in [0, 0.05) is 11.1 Å². The predicted molar refractivity (Wildman–Crippen MR) is 82.3 cm³/mol. The molecule has 2 aromatic rings. The molecule has 0 bridgehead atoms. The molecular weight excluding hydrogens is 306 g/mol. The van der Waals surface area contributed by atoms with E-state index in [9.17, 15) is 9.59 Å². The molecule has 0 aromatic heterocycles. The van der Waals surface area contributed by atoms with E-state index in [4.69, 9.17) is 26.8 Å². The Balaban J connectivity index is 2.16. The second-order valence-corrected chi connectivity index (χ2v) is 4.94. The molecule has 5 nitrogen and oxygen atoms in total. The maximum Gasteiger partial charge on any atom is 0.315 e. The van der Waals surface area contributed by atoms with Crippen LogP contribution in [0.3, 0.4) is 0 Å². The van der Waals surface area contributed by atoms with Crippen LogP contribution in [-0.2, 0) is 11.2 Å². The van der Waals surface area contributed by atoms with Crippen molar-refractivity contribution >= 4 is 23.5 Å². The highest BCUT2D eigenvalue weighted by atomic mass is 35.5. The van der Waals surface area contributed by atoms with Gasteiger partial charge in [-0.3, -0.25) is 9.59 Å². The highest BCUT2D eigenvalue weighted by Crippen LogP contribution is 2.25. The Morgan fingerprint density at radius 1 is 1.14 bits per heavy atom. The summed E-state index contributed by atoms with van der Waals surface area (Å²) in [7, 11) is 1.47. The summed E-state index contributed by atoms with van der Waals surface area (Å²) in [5.41, 5.74) is 6.13. The third-order valence-electron chi connectivity index (χ3n) is 2.94. The molecule has 0 fully saturated rings. The number of ether oxygens (including phenoxy) is 2. The Labute approximate surface area is 132 Å². The molecule has 0 atom stereocenters. The number of carbonyl (C=O) groups is 2. The number of rotatable bonds is 5. The number of halogens is 1. The van der Waals surface area contributed by atoms with Gasteiger partial charge >= 0.3 is 5.97 Å². The number of esters is 1. The highest BCUT2D eigenvalue weighted by Gasteiger charge is 2.15. The maximum absolute atomic E-state index is 12.0. The van der Waals surface area contributed by atoms with Crippen LogP contribution in [0.2, 0.25) is 5.02 Å². The van der Waals surface area contributed by atoms with Crippen LogP contribution in [0.4, 0.5) is 0 Å². The number of hydrogen-bond acceptors (Lipinski definition) is 4. The zero-order valence-corrected chi connectivity index (χ0v) is 12.6. The van der Waals surface area contributed by atoms with E-state index in [0.717, 1.165) is 5.56 Å². The first kappa shape index (κ1) is 15.9. The van der Waals surface area contributed by atoms with E-state index >= 15 is 0 Å². The van der Waals surface area contributed by atoms with Gasteiger partial charge in [-0.25, -0.2) is 0 Å². The number of methoxy groups -OCH3 is 1. The lowest BCUT2D eigenvalue weighted by Gasteiger charge is -2.10. The summed E-state index contributed by atoms with van der Waals surface area (Å²) in [6.45, 7) is 0. The Hall–Kier alpha value is -2.53. The largest absolute Gasteiger partial charge is 0.497 e. The molecule has 1 amide bonds. The molecule has 2 aromatic carbocycles. The van der Waals surface area contributed by atoms with Crippen LogP contribution in [0.1, 0.15) is 15.9 Å². The first-order valence-electron chi connectivity index (χ1n) is 6.42. The molecule has 0 aliphatic rings. The van der Waals surface area contributed by atoms with Crippen molar-refractivity contribution in [3.63, 3.8) is 0 Å². The minimum atomic E-state index is -0.683. The number of nitrogens with two attached hydrogens (primary N) is 1. The monoisotopic (exact) mass is 319 g/mol. The molecule has 0 saturated carbocycles. The van der Waals surface area contributed by atoms with Crippen LogP contribution in [-0.4, -0.2) is 19.0 Å². The molecule has 22 heavy (non-hydrogen) atoms. The zero-order chi connectivity index (χ0) is 16.1. The molecule has 0 spiro atoms. The molecule has 0 aliphatic heterocycles. The second kappa shape index (κ2) is 6.95. The Morgan fingerprint density at radius 3 is 2.41 bits per heavy atom. The van der Waals surface area contributed by atoms with Gasteiger partial charge in [0.15, 0.2) is 0 Å². The quantitative estimate of drug-likeness (QED) is 0.678. The van der Waals surface area contributed by atoms with Crippen molar-refractivity contribution < 1.29 is 19.1 Å². The third-order valence-corrected chi connectivity index (χ3v) is 3.19. The van der Waals surface area contributed by atoms with Crippen LogP contribution in [0, 0.1) is 0 Å². The van der Waals surface area contributed by atoms with Gasteiger partial charge in [0.05, 0.1) is 19.1 Å². The van der Waals surface area contributed by atoms with Crippen LogP contribution >= 0.6 is 11.6 Å². The smallest absolute Gasteiger partial charge is 0.315 e. The predicted octanol–water partition coefficient (Wildman–Crippen LogP) is 2.60. The summed E-state index contributed by atoms with van der Waals surface area (Å²) in [6, 6.07) is 11.3. The molecule has 0 heterocycles. The molecule has 0 aliphatic carbocycles. The Kier molecular flexibility index (Phi) is 5.01. The second-order valence-electron chi connectivity index (χ2n) is 4.50. The van der Waals surface area contributed by atoms with Gasteiger partial charge in [-0.2, -0.15) is 0 Å². The number of benzene rings is 2. The Morgan fingerprint density at radius 2 is 1.82 bits per heavy atom. The van der Waals surface area contributed by atoms with E-state index in [1.807, 2.05) is 0 Å². The fourth-order valence-electron chi connectivity index (χ4n) is 1.85. The van der Waals surface area contributed by atoms with Gasteiger partial charge < -0.3 is 15.2 Å². The van der Waals surface area contributed by atoms with E-state index in [1.54, 1.807) is 30.3 Å². The van der Waals surface area contributed by atoms with Gasteiger partial charge in [-0.05, 0) is 29.8 Å². The fourth-order valence-corrected chi connectivity index (χ4v) is 1.97. The lowest BCUT2D eigenvalue weighted by Crippen LogP contribution is -2.17. The van der Waals surface area contributed by atoms with E-state index in [2.05, 4.69) is 0 Å². The average Bonchev–Trinajstić information content (AvgIpc) is 2.49. The first-order chi connectivity index (χ1) is 10.5. The summed E-state index contributed by atoms with van der Waals surface area (Å²) in [5, 5.41) is 0.584. The summed E-state index contributed by atoms with van der Waals surface area (Å²) in [4.78, 5) is 23.4. The molecule has 2 rings (SSSR count). The summed E-state index contributed by atoms with van der Waals surface area (Å²) < 4.78 is 10.3. The third kappa shape index (κ3) is 3.99. The van der Waals surface area contributed by atoms with Crippen LogP contribution in [0.25, 0.3) is 0 Å². The normalized spacial score (nSPS) is 10.1. The fraction of sp³-hybridized carbons (Fsp3) is 0.125. The molecule has 2 N–H and O–H groups in total. The van der Waals surface area contributed by atoms with E-state index in [1.165, 1.54) is 19.2 Å². The van der Waals surface area contributed by atoms with E-state index in [0.29, 0.717) is 10.8 Å². The molecular formula is C16H14ClNO4. The Bertz CT molecular complexity index is 698. The van der Waals surface area contributed by atoms with Crippen molar-refractivity contribution in [1.29, 1.82) is 0 Å². The minimum absolute atomic E-state index is 0.0482. The lowest BCUT2D eigenvalue weighted by molar-refractivity contribution is -0.133. The first-order valence-corrected chi connectivity index (χ1v) is 6.80. The van der Waals surface area contributed by atoms with Crippen molar-refractivity contribution in [3.05, 3.63) is 58.6 Å². The van der Waals surface area contributed by atoms with Crippen molar-refractivity contribution in [3.8, 4) is 11.5 Å². The summed E-state index contributed by atoms with van der Waals surface area (Å²) >= 11 is 5.79. The van der Waals surface area contributed by atoms with E-state index in [-0.39, 0.29) is 17.7 Å². The minimum Gasteiger partial charge on any atom is -0.497 e. The highest BCUT2D eigenvalue weighted by molar-refractivity contribution is 6.30. The molecule has 0 radical (unpaired) electrons. The molecule has 114 valence electrons. The van der Waals surface area contributed by atoms with Crippen LogP contribution in [0.15, 0.2) is 42.5 Å². The number of hydrogen-bond donors (Lipinski definition) is 1. The van der Waals surface area contributed by atoms with Gasteiger partial charge in [-0.15, -0.1) is 0 Å². The van der Waals surface area contributed by atoms with Crippen LogP contribution < -0.4 is 15.2 Å². The molecule has 0 saturated heterocycles. The van der Waals surface area contributed by atoms with Gasteiger partial charge in [-0.1, -0.05) is 23.7 Å². The van der Waals surface area contributed by atoms with Crippen LogP contribution in [0.5, 0.6) is 11.5 Å². The maximum atomic E-state index is 12.0. The topological polar surface area (TPSA) is 78.6 Å². The van der Waals surface area contributed by atoms with Gasteiger partial charge in [0.2, 0.25) is 0 Å². The number of carbonyl (C=O) groups excluding carboxylic acids is 2. The number of primary amides is 1. The average molecular weight is 320 g/mol. The van der Waals surface area contributed by atoms with E-state index < -0.39 is 11.9 Å². The van der Waals surface area contributed by atoms with Gasteiger partial charge in [0.25, 0.3) is 5.91 Å². The SMILES string of the molecule is COc1ccc(C(N)=O)c(OC(=O)Cc2ccc(Cl)cc2)c1. The lowest BCUT2D eigenvalue weighted by atomic mass is 10.1. The number of amides is 1. The van der Waals surface area contributed by atoms with Crippen molar-refractivity contribution in [2.24, 2.45) is 5.73 Å². The standard InChI is InChI=1S/C16H14ClNO4/c1-21-12-6-7-13(16(18)20)14(9-12)22-15(19)8-10-2-4-11(17)5-3-10/h2-7,9H,8H2,1H3,(H2,18,20). The summed E-state index contributed by atoms with van der Waals surface area (Å²) in [6.07, 6.45) is 0.0482. The van der Waals surface area contributed by atoms with Crippen molar-refractivity contribution in [2.75, 3.05) is 7.11 Å². The van der Waals surface area contributed by atoms with Crippen molar-refractivity contribution in [1.82, 2.24) is 0 Å². The van der Waals surface area contributed by atoms with Crippen molar-refractivity contribution in [2.45, 2.75) is 6.42 Å². The van der Waals surface area contributed by atoms with Gasteiger partial charge in [0.1, 0.15) is 11.5 Å². The molecule has 0 unspecified atom stereocenters. The summed E-state index contributed by atoms with van der Waals surface area (Å²) in [5.74, 6) is -0.667.